The first-order valence-corrected chi connectivity index (χ1v) is 4.39. The topological polar surface area (TPSA) is 12.9 Å². The first-order chi connectivity index (χ1) is 4.33. The highest BCUT2D eigenvalue weighted by molar-refractivity contribution is 14.1. The van der Waals surface area contributed by atoms with Crippen molar-refractivity contribution in [3.63, 3.8) is 0 Å². The number of alkyl halides is 1. The SMILES string of the molecule is Clc1ccnc(CI)c1. The van der Waals surface area contributed by atoms with Gasteiger partial charge in [-0.2, -0.15) is 0 Å². The minimum absolute atomic E-state index is 0.761. The van der Waals surface area contributed by atoms with E-state index in [0.717, 1.165) is 15.1 Å². The highest BCUT2D eigenvalue weighted by Gasteiger charge is 1.90. The molecule has 0 amide bonds. The third-order valence-corrected chi connectivity index (χ3v) is 1.93. The average Bonchev–Trinajstić information content (AvgIpc) is 1.88. The molecule has 0 aliphatic rings. The summed E-state index contributed by atoms with van der Waals surface area (Å²) in [7, 11) is 0. The Kier molecular flexibility index (Phi) is 2.72. The van der Waals surface area contributed by atoms with E-state index in [-0.39, 0.29) is 0 Å². The van der Waals surface area contributed by atoms with Gasteiger partial charge in [0, 0.05) is 15.6 Å². The largest absolute Gasteiger partial charge is 0.260 e. The number of hydrogen-bond acceptors (Lipinski definition) is 1. The monoisotopic (exact) mass is 253 g/mol. The number of pyridine rings is 1. The van der Waals surface area contributed by atoms with Gasteiger partial charge in [-0.3, -0.25) is 4.98 Å². The van der Waals surface area contributed by atoms with E-state index in [1.165, 1.54) is 0 Å². The lowest BCUT2D eigenvalue weighted by molar-refractivity contribution is 1.19. The minimum Gasteiger partial charge on any atom is -0.260 e. The van der Waals surface area contributed by atoms with E-state index in [4.69, 9.17) is 11.6 Å². The number of halogens is 2. The van der Waals surface area contributed by atoms with Crippen LogP contribution in [0.1, 0.15) is 5.69 Å². The molecule has 0 spiro atoms. The second-order valence-corrected chi connectivity index (χ2v) is 2.80. The van der Waals surface area contributed by atoms with E-state index in [0.29, 0.717) is 0 Å². The summed E-state index contributed by atoms with van der Waals surface area (Å²) in [4.78, 5) is 4.07. The van der Waals surface area contributed by atoms with E-state index in [2.05, 4.69) is 27.6 Å². The molecule has 1 rings (SSSR count). The van der Waals surface area contributed by atoms with Crippen molar-refractivity contribution in [1.82, 2.24) is 4.98 Å². The summed E-state index contributed by atoms with van der Waals surface area (Å²) in [5.74, 6) is 0. The molecule has 0 unspecified atom stereocenters. The molecule has 0 bridgehead atoms. The summed E-state index contributed by atoms with van der Waals surface area (Å²) >= 11 is 7.93. The van der Waals surface area contributed by atoms with Crippen LogP contribution >= 0.6 is 34.2 Å². The van der Waals surface area contributed by atoms with E-state index in [1.807, 2.05) is 6.07 Å². The Balaban J connectivity index is 2.94. The Morgan fingerprint density at radius 3 is 2.89 bits per heavy atom. The summed E-state index contributed by atoms with van der Waals surface area (Å²) in [5, 5.41) is 0.761. The van der Waals surface area contributed by atoms with Crippen LogP contribution < -0.4 is 0 Å². The quantitative estimate of drug-likeness (QED) is 0.554. The fourth-order valence-electron chi connectivity index (χ4n) is 0.522. The van der Waals surface area contributed by atoms with Gasteiger partial charge in [0.2, 0.25) is 0 Å². The van der Waals surface area contributed by atoms with E-state index in [1.54, 1.807) is 12.3 Å². The molecule has 0 aliphatic carbocycles. The summed E-state index contributed by atoms with van der Waals surface area (Å²) in [5.41, 5.74) is 1.03. The summed E-state index contributed by atoms with van der Waals surface area (Å²) in [6, 6.07) is 3.64. The molecular formula is C6H5ClIN. The maximum atomic E-state index is 5.68. The van der Waals surface area contributed by atoms with Gasteiger partial charge < -0.3 is 0 Å². The molecule has 0 saturated heterocycles. The molecule has 3 heteroatoms. The van der Waals surface area contributed by atoms with Gasteiger partial charge in [-0.1, -0.05) is 34.2 Å². The van der Waals surface area contributed by atoms with Crippen molar-refractivity contribution in [2.75, 3.05) is 0 Å². The number of hydrogen-bond donors (Lipinski definition) is 0. The number of rotatable bonds is 1. The Morgan fingerprint density at radius 2 is 2.44 bits per heavy atom. The summed E-state index contributed by atoms with van der Waals surface area (Å²) < 4.78 is 0.915. The van der Waals surface area contributed by atoms with Crippen LogP contribution in [0.5, 0.6) is 0 Å². The van der Waals surface area contributed by atoms with Gasteiger partial charge in [-0.25, -0.2) is 0 Å². The van der Waals surface area contributed by atoms with Crippen molar-refractivity contribution < 1.29 is 0 Å². The zero-order chi connectivity index (χ0) is 6.69. The van der Waals surface area contributed by atoms with Gasteiger partial charge in [0.15, 0.2) is 0 Å². The lowest BCUT2D eigenvalue weighted by Gasteiger charge is -1.91. The maximum absolute atomic E-state index is 5.68. The van der Waals surface area contributed by atoms with Crippen LogP contribution in [0.3, 0.4) is 0 Å². The van der Waals surface area contributed by atoms with E-state index in [9.17, 15) is 0 Å². The predicted molar refractivity (Wildman–Crippen MR) is 47.0 cm³/mol. The van der Waals surface area contributed by atoms with E-state index >= 15 is 0 Å². The highest BCUT2D eigenvalue weighted by atomic mass is 127. The second-order valence-electron chi connectivity index (χ2n) is 1.60. The molecule has 0 atom stereocenters. The van der Waals surface area contributed by atoms with Crippen molar-refractivity contribution in [2.24, 2.45) is 0 Å². The van der Waals surface area contributed by atoms with Crippen molar-refractivity contribution in [3.8, 4) is 0 Å². The van der Waals surface area contributed by atoms with Crippen LogP contribution in [0.25, 0.3) is 0 Å². The van der Waals surface area contributed by atoms with Gasteiger partial charge >= 0.3 is 0 Å². The van der Waals surface area contributed by atoms with Crippen LogP contribution in [0.4, 0.5) is 0 Å². The lowest BCUT2D eigenvalue weighted by Crippen LogP contribution is -1.80. The van der Waals surface area contributed by atoms with Crippen LogP contribution in [0.2, 0.25) is 5.02 Å². The molecule has 9 heavy (non-hydrogen) atoms. The molecule has 1 aromatic heterocycles. The Bertz CT molecular complexity index is 202. The molecule has 1 heterocycles. The second kappa shape index (κ2) is 3.37. The first kappa shape index (κ1) is 7.28. The van der Waals surface area contributed by atoms with Gasteiger partial charge in [0.05, 0.1) is 5.69 Å². The van der Waals surface area contributed by atoms with Gasteiger partial charge in [0.25, 0.3) is 0 Å². The molecule has 0 fully saturated rings. The Labute approximate surface area is 72.6 Å². The molecule has 1 aromatic rings. The Morgan fingerprint density at radius 1 is 1.67 bits per heavy atom. The standard InChI is InChI=1S/C6H5ClIN/c7-5-1-2-9-6(3-5)4-8/h1-3H,4H2. The van der Waals surface area contributed by atoms with Gasteiger partial charge in [-0.15, -0.1) is 0 Å². The molecule has 0 saturated carbocycles. The normalized spacial score (nSPS) is 9.56. The van der Waals surface area contributed by atoms with E-state index < -0.39 is 0 Å². The zero-order valence-corrected chi connectivity index (χ0v) is 7.56. The summed E-state index contributed by atoms with van der Waals surface area (Å²) in [6.07, 6.45) is 1.72. The summed E-state index contributed by atoms with van der Waals surface area (Å²) in [6.45, 7) is 0. The first-order valence-electron chi connectivity index (χ1n) is 2.49. The van der Waals surface area contributed by atoms with Crippen LogP contribution in [-0.2, 0) is 4.43 Å². The fraction of sp³-hybridized carbons (Fsp3) is 0.167. The fourth-order valence-corrected chi connectivity index (χ4v) is 1.12. The van der Waals surface area contributed by atoms with Crippen LogP contribution in [-0.4, -0.2) is 4.98 Å². The maximum Gasteiger partial charge on any atom is 0.0515 e. The van der Waals surface area contributed by atoms with Crippen molar-refractivity contribution in [2.45, 2.75) is 4.43 Å². The Hall–Kier alpha value is 0.170. The molecule has 0 N–H and O–H groups in total. The highest BCUT2D eigenvalue weighted by Crippen LogP contribution is 2.09. The molecule has 48 valence electrons. The smallest absolute Gasteiger partial charge is 0.0515 e. The average molecular weight is 253 g/mol. The van der Waals surface area contributed by atoms with Gasteiger partial charge in [-0.05, 0) is 12.1 Å². The van der Waals surface area contributed by atoms with Crippen molar-refractivity contribution in [3.05, 3.63) is 29.0 Å². The minimum atomic E-state index is 0.761. The van der Waals surface area contributed by atoms with Crippen molar-refractivity contribution >= 4 is 34.2 Å². The van der Waals surface area contributed by atoms with Crippen molar-refractivity contribution in [1.29, 1.82) is 0 Å². The number of nitrogens with zero attached hydrogens (tertiary/aromatic N) is 1. The van der Waals surface area contributed by atoms with Gasteiger partial charge in [0.1, 0.15) is 0 Å². The number of aromatic nitrogens is 1. The predicted octanol–water partition coefficient (Wildman–Crippen LogP) is 2.67. The van der Waals surface area contributed by atoms with Crippen LogP contribution in [0.15, 0.2) is 18.3 Å². The molecule has 0 aromatic carbocycles. The lowest BCUT2D eigenvalue weighted by atomic mass is 10.4. The molecule has 1 nitrogen and oxygen atoms in total. The third kappa shape index (κ3) is 2.10. The third-order valence-electron chi connectivity index (χ3n) is 0.916. The molecule has 0 aliphatic heterocycles. The molecular weight excluding hydrogens is 248 g/mol. The zero-order valence-electron chi connectivity index (χ0n) is 4.64. The molecule has 0 radical (unpaired) electrons. The van der Waals surface area contributed by atoms with Crippen LogP contribution in [0, 0.1) is 0 Å².